The highest BCUT2D eigenvalue weighted by Crippen LogP contribution is 2.35. The molecule has 2 aromatic rings. The molecule has 5 N–H and O–H groups in total. The van der Waals surface area contributed by atoms with Crippen LogP contribution in [-0.2, 0) is 4.74 Å². The molecule has 3 aliphatic heterocycles. The molecule has 10 nitrogen and oxygen atoms in total. The van der Waals surface area contributed by atoms with E-state index in [0.717, 1.165) is 19.6 Å². The number of fused-ring (bicyclic) bond motifs is 1. The lowest BCUT2D eigenvalue weighted by atomic mass is 9.80. The predicted octanol–water partition coefficient (Wildman–Crippen LogP) is -1.92. The van der Waals surface area contributed by atoms with Gasteiger partial charge in [-0.3, -0.25) is 9.47 Å². The molecule has 5 heterocycles. The van der Waals surface area contributed by atoms with Crippen LogP contribution < -0.4 is 11.1 Å². The fourth-order valence-electron chi connectivity index (χ4n) is 4.11. The van der Waals surface area contributed by atoms with Gasteiger partial charge in [-0.25, -0.2) is 15.0 Å². The Hall–Kier alpha value is -1.85. The van der Waals surface area contributed by atoms with Crippen LogP contribution in [0.1, 0.15) is 12.6 Å². The van der Waals surface area contributed by atoms with Crippen molar-refractivity contribution in [2.24, 2.45) is 0 Å². The molecule has 4 atom stereocenters. The van der Waals surface area contributed by atoms with Crippen LogP contribution in [0.15, 0.2) is 12.7 Å². The Morgan fingerprint density at radius 2 is 2.08 bits per heavy atom. The minimum Gasteiger partial charge on any atom is -0.387 e. The number of aliphatic hydroxyl groups is 2. The highest BCUT2D eigenvalue weighted by atomic mass is 16.6. The molecule has 0 aliphatic carbocycles. The van der Waals surface area contributed by atoms with Crippen molar-refractivity contribution in [3.05, 3.63) is 12.7 Å². The Labute approximate surface area is 143 Å². The van der Waals surface area contributed by atoms with E-state index in [0.29, 0.717) is 17.7 Å². The third kappa shape index (κ3) is 2.26. The standard InChI is InChI=1S/C15H21N7O3/c16-12-9-13(18-6-17-12)22(7-19-9)14-11(24)10(23)8(25-14)3-21-4-15(5-21)1-2-20-15/h6-8,10-11,14,20,23-24H,1-5H2,(H2,16,17,18)/t8-,10-,11-,14-/m1/s1. The lowest BCUT2D eigenvalue weighted by Crippen LogP contribution is -2.76. The number of nitrogens with one attached hydrogen (secondary N) is 1. The number of aliphatic hydroxyl groups excluding tert-OH is 2. The number of rotatable bonds is 3. The van der Waals surface area contributed by atoms with Gasteiger partial charge in [0.2, 0.25) is 0 Å². The SMILES string of the molecule is Nc1ncnc2c1ncn2[C@@H]1O[C@H](CN2CC3(CCN3)C2)[C@@H](O)[C@H]1O. The monoisotopic (exact) mass is 347 g/mol. The summed E-state index contributed by atoms with van der Waals surface area (Å²) in [6, 6.07) is 0. The van der Waals surface area contributed by atoms with E-state index < -0.39 is 24.5 Å². The maximum atomic E-state index is 10.5. The summed E-state index contributed by atoms with van der Waals surface area (Å²) >= 11 is 0. The van der Waals surface area contributed by atoms with E-state index in [2.05, 4.69) is 25.2 Å². The van der Waals surface area contributed by atoms with E-state index in [1.165, 1.54) is 19.1 Å². The van der Waals surface area contributed by atoms with Crippen molar-refractivity contribution in [1.29, 1.82) is 0 Å². The topological polar surface area (TPSA) is 135 Å². The second-order valence-electron chi connectivity index (χ2n) is 7.26. The first-order valence-electron chi connectivity index (χ1n) is 8.48. The molecule has 0 aromatic carbocycles. The number of hydrogen-bond acceptors (Lipinski definition) is 9. The number of nitrogens with zero attached hydrogens (tertiary/aromatic N) is 5. The zero-order valence-corrected chi connectivity index (χ0v) is 13.6. The van der Waals surface area contributed by atoms with Crippen molar-refractivity contribution in [2.75, 3.05) is 31.9 Å². The summed E-state index contributed by atoms with van der Waals surface area (Å²) in [6.45, 7) is 3.58. The van der Waals surface area contributed by atoms with Gasteiger partial charge in [0.1, 0.15) is 30.2 Å². The van der Waals surface area contributed by atoms with Crippen molar-refractivity contribution in [3.8, 4) is 0 Å². The number of nitrogen functional groups attached to an aromatic ring is 1. The van der Waals surface area contributed by atoms with Gasteiger partial charge >= 0.3 is 0 Å². The van der Waals surface area contributed by atoms with E-state index >= 15 is 0 Å². The molecular formula is C15H21N7O3. The number of aromatic nitrogens is 4. The first kappa shape index (κ1) is 15.4. The summed E-state index contributed by atoms with van der Waals surface area (Å²) in [6.07, 6.45) is 0.810. The number of anilines is 1. The molecule has 2 aromatic heterocycles. The van der Waals surface area contributed by atoms with Crippen molar-refractivity contribution in [2.45, 2.75) is 36.5 Å². The molecule has 0 saturated carbocycles. The second-order valence-corrected chi connectivity index (χ2v) is 7.26. The van der Waals surface area contributed by atoms with E-state index in [9.17, 15) is 10.2 Å². The van der Waals surface area contributed by atoms with Gasteiger partial charge in [-0.2, -0.15) is 0 Å². The van der Waals surface area contributed by atoms with Gasteiger partial charge in [-0.05, 0) is 13.0 Å². The molecule has 0 amide bonds. The third-order valence-corrected chi connectivity index (χ3v) is 5.59. The molecule has 1 spiro atoms. The molecular weight excluding hydrogens is 326 g/mol. The van der Waals surface area contributed by atoms with Crippen LogP contribution in [0.5, 0.6) is 0 Å². The second kappa shape index (κ2) is 5.32. The Morgan fingerprint density at radius 1 is 1.28 bits per heavy atom. The molecule has 25 heavy (non-hydrogen) atoms. The molecule has 3 fully saturated rings. The molecule has 0 bridgehead atoms. The maximum absolute atomic E-state index is 10.5. The Morgan fingerprint density at radius 3 is 2.80 bits per heavy atom. The summed E-state index contributed by atoms with van der Waals surface area (Å²) in [5.41, 5.74) is 7.01. The first-order chi connectivity index (χ1) is 12.1. The van der Waals surface area contributed by atoms with Crippen molar-refractivity contribution >= 4 is 17.0 Å². The quantitative estimate of drug-likeness (QED) is 0.501. The lowest BCUT2D eigenvalue weighted by molar-refractivity contribution is -0.0755. The van der Waals surface area contributed by atoms with E-state index in [-0.39, 0.29) is 11.4 Å². The van der Waals surface area contributed by atoms with Crippen molar-refractivity contribution in [3.63, 3.8) is 0 Å². The van der Waals surface area contributed by atoms with Crippen LogP contribution in [0.25, 0.3) is 11.2 Å². The van der Waals surface area contributed by atoms with Gasteiger partial charge in [0.25, 0.3) is 0 Å². The average molecular weight is 347 g/mol. The van der Waals surface area contributed by atoms with Crippen molar-refractivity contribution in [1.82, 2.24) is 29.7 Å². The van der Waals surface area contributed by atoms with Crippen LogP contribution >= 0.6 is 0 Å². The maximum Gasteiger partial charge on any atom is 0.167 e. The lowest BCUT2D eigenvalue weighted by Gasteiger charge is -2.57. The highest BCUT2D eigenvalue weighted by Gasteiger charge is 2.50. The molecule has 10 heteroatoms. The largest absolute Gasteiger partial charge is 0.387 e. The van der Waals surface area contributed by atoms with Crippen LogP contribution in [-0.4, -0.2) is 84.7 Å². The van der Waals surface area contributed by atoms with Crippen molar-refractivity contribution < 1.29 is 14.9 Å². The molecule has 0 unspecified atom stereocenters. The average Bonchev–Trinajstić information content (AvgIpc) is 3.06. The van der Waals surface area contributed by atoms with Crippen LogP contribution in [0.4, 0.5) is 5.82 Å². The Bertz CT molecular complexity index is 800. The molecule has 3 saturated heterocycles. The Balaban J connectivity index is 1.33. The van der Waals surface area contributed by atoms with Crippen LogP contribution in [0.2, 0.25) is 0 Å². The van der Waals surface area contributed by atoms with E-state index in [1.807, 2.05) is 0 Å². The number of imidazole rings is 1. The predicted molar refractivity (Wildman–Crippen MR) is 87.4 cm³/mol. The zero-order chi connectivity index (χ0) is 17.2. The Kier molecular flexibility index (Phi) is 3.28. The highest BCUT2D eigenvalue weighted by molar-refractivity contribution is 5.81. The number of likely N-dealkylation sites (tertiary alicyclic amines) is 1. The summed E-state index contributed by atoms with van der Waals surface area (Å²) in [5, 5.41) is 24.3. The molecule has 3 aliphatic rings. The van der Waals surface area contributed by atoms with Gasteiger partial charge in [-0.1, -0.05) is 0 Å². The molecule has 5 rings (SSSR count). The van der Waals surface area contributed by atoms with Gasteiger partial charge in [-0.15, -0.1) is 0 Å². The third-order valence-electron chi connectivity index (χ3n) is 5.59. The summed E-state index contributed by atoms with van der Waals surface area (Å²) in [5.74, 6) is 0.271. The van der Waals surface area contributed by atoms with Gasteiger partial charge in [0, 0.05) is 25.2 Å². The molecule has 134 valence electrons. The van der Waals surface area contributed by atoms with Crippen LogP contribution in [0, 0.1) is 0 Å². The minimum absolute atomic E-state index is 0.271. The van der Waals surface area contributed by atoms with E-state index in [1.54, 1.807) is 4.57 Å². The zero-order valence-electron chi connectivity index (χ0n) is 13.6. The van der Waals surface area contributed by atoms with Gasteiger partial charge in [0.05, 0.1) is 6.33 Å². The first-order valence-corrected chi connectivity index (χ1v) is 8.48. The number of hydrogen-bond donors (Lipinski definition) is 4. The van der Waals surface area contributed by atoms with Gasteiger partial charge in [0.15, 0.2) is 17.7 Å². The van der Waals surface area contributed by atoms with Gasteiger partial charge < -0.3 is 26.0 Å². The summed E-state index contributed by atoms with van der Waals surface area (Å²) in [4.78, 5) is 14.5. The number of ether oxygens (including phenoxy) is 1. The molecule has 0 radical (unpaired) electrons. The smallest absolute Gasteiger partial charge is 0.167 e. The van der Waals surface area contributed by atoms with Crippen LogP contribution in [0.3, 0.4) is 0 Å². The number of nitrogens with two attached hydrogens (primary N) is 1. The normalized spacial score (nSPS) is 34.3. The van der Waals surface area contributed by atoms with E-state index in [4.69, 9.17) is 10.5 Å². The minimum atomic E-state index is -1.06. The summed E-state index contributed by atoms with van der Waals surface area (Å²) < 4.78 is 7.57. The fraction of sp³-hybridized carbons (Fsp3) is 0.667. The summed E-state index contributed by atoms with van der Waals surface area (Å²) in [7, 11) is 0. The fourth-order valence-corrected chi connectivity index (χ4v) is 4.11.